The average molecular weight is 424 g/mol. The van der Waals surface area contributed by atoms with E-state index in [1.807, 2.05) is 0 Å². The molecule has 0 saturated heterocycles. The van der Waals surface area contributed by atoms with Crippen molar-refractivity contribution < 1.29 is 62.0 Å². The molecular formula is C9H10F9NaO5S. The Labute approximate surface area is 156 Å². The molecule has 1 unspecified atom stereocenters. The molecule has 0 fully saturated rings. The van der Waals surface area contributed by atoms with E-state index in [-0.39, 0.29) is 29.6 Å². The first kappa shape index (κ1) is 27.0. The van der Waals surface area contributed by atoms with Crippen LogP contribution in [0.4, 0.5) is 39.5 Å². The van der Waals surface area contributed by atoms with Crippen LogP contribution in [0.2, 0.25) is 0 Å². The summed E-state index contributed by atoms with van der Waals surface area (Å²) in [5, 5.41) is -2.32. The summed E-state index contributed by atoms with van der Waals surface area (Å²) in [5.74, 6) is -21.8. The minimum atomic E-state index is -7.07. The normalized spacial score (nSPS) is 15.3. The maximum atomic E-state index is 13.0. The van der Waals surface area contributed by atoms with E-state index in [0.717, 1.165) is 0 Å². The summed E-state index contributed by atoms with van der Waals surface area (Å²) in [6.07, 6.45) is -9.44. The topological polar surface area (TPSA) is 80.7 Å². The molecule has 0 aliphatic rings. The fourth-order valence-corrected chi connectivity index (χ4v) is 1.39. The Morgan fingerprint density at radius 1 is 1.00 bits per heavy atom. The summed E-state index contributed by atoms with van der Waals surface area (Å²) in [7, 11) is -5.02. The Hall–Kier alpha value is -0.250. The molecule has 1 N–H and O–H groups in total. The quantitative estimate of drug-likeness (QED) is 0.293. The minimum absolute atomic E-state index is 0. The Balaban J connectivity index is 0. The van der Waals surface area contributed by atoms with Gasteiger partial charge >= 0.3 is 59.5 Å². The molecule has 16 heteroatoms. The van der Waals surface area contributed by atoms with E-state index < -0.39 is 58.3 Å². The van der Waals surface area contributed by atoms with Crippen LogP contribution in [0.15, 0.2) is 0 Å². The van der Waals surface area contributed by atoms with Crippen molar-refractivity contribution in [2.45, 2.75) is 42.5 Å². The number of hydrogen-bond donors (Lipinski definition) is 1. The van der Waals surface area contributed by atoms with Gasteiger partial charge in [0.2, 0.25) is 0 Å². The fourth-order valence-electron chi connectivity index (χ4n) is 1.08. The first-order chi connectivity index (χ1) is 10.3. The zero-order chi connectivity index (χ0) is 19.8. The Bertz CT molecular complexity index is 575. The van der Waals surface area contributed by atoms with Crippen LogP contribution < -0.4 is 0 Å². The summed E-state index contributed by atoms with van der Waals surface area (Å²) in [6.45, 7) is -1.29. The van der Waals surface area contributed by atoms with E-state index in [4.69, 9.17) is 4.55 Å². The molecule has 0 rings (SSSR count). The zero-order valence-electron chi connectivity index (χ0n) is 11.4. The third-order valence-corrected chi connectivity index (χ3v) is 3.73. The van der Waals surface area contributed by atoms with Crippen molar-refractivity contribution in [3.8, 4) is 0 Å². The third-order valence-electron chi connectivity index (χ3n) is 2.65. The molecule has 0 radical (unpaired) electrons. The van der Waals surface area contributed by atoms with Gasteiger partial charge in [-0.25, -0.2) is 0 Å². The first-order valence-electron chi connectivity index (χ1n) is 5.62. The molecule has 0 aromatic heterocycles. The van der Waals surface area contributed by atoms with Crippen LogP contribution in [0.25, 0.3) is 0 Å². The summed E-state index contributed by atoms with van der Waals surface area (Å²) in [5.41, 5.74) is 0. The van der Waals surface area contributed by atoms with Gasteiger partial charge in [0, 0.05) is 0 Å². The van der Waals surface area contributed by atoms with Gasteiger partial charge in [0.1, 0.15) is 0 Å². The van der Waals surface area contributed by atoms with Crippen LogP contribution in [-0.4, -0.2) is 84.3 Å². The SMILES string of the molecule is CC(C(=O)OCCC(F)(F)C(F)(F)C(F)(F)C(F)(F)F)S(=O)(=O)O.[NaH]. The second-order valence-corrected chi connectivity index (χ2v) is 6.16. The van der Waals surface area contributed by atoms with E-state index in [2.05, 4.69) is 4.74 Å². The Morgan fingerprint density at radius 3 is 1.72 bits per heavy atom. The summed E-state index contributed by atoms with van der Waals surface area (Å²) in [6, 6.07) is 0. The van der Waals surface area contributed by atoms with Crippen molar-refractivity contribution >= 4 is 45.6 Å². The van der Waals surface area contributed by atoms with Crippen molar-refractivity contribution in [2.24, 2.45) is 0 Å². The van der Waals surface area contributed by atoms with Crippen LogP contribution in [0.3, 0.4) is 0 Å². The number of carbonyl (C=O) groups is 1. The number of halogens is 9. The molecule has 0 heterocycles. The van der Waals surface area contributed by atoms with E-state index in [1.165, 1.54) is 0 Å². The van der Waals surface area contributed by atoms with Crippen LogP contribution in [0, 0.1) is 0 Å². The number of ether oxygens (including phenoxy) is 1. The average Bonchev–Trinajstić information content (AvgIpc) is 2.34. The molecule has 1 atom stereocenters. The van der Waals surface area contributed by atoms with Crippen molar-refractivity contribution in [3.05, 3.63) is 0 Å². The molecule has 5 nitrogen and oxygen atoms in total. The van der Waals surface area contributed by atoms with Gasteiger partial charge in [-0.15, -0.1) is 0 Å². The van der Waals surface area contributed by atoms with Crippen molar-refractivity contribution in [1.29, 1.82) is 0 Å². The Kier molecular flexibility index (Phi) is 8.83. The van der Waals surface area contributed by atoms with Gasteiger partial charge < -0.3 is 4.74 Å². The van der Waals surface area contributed by atoms with Gasteiger partial charge in [0.25, 0.3) is 10.1 Å². The fraction of sp³-hybridized carbons (Fsp3) is 0.889. The van der Waals surface area contributed by atoms with E-state index in [0.29, 0.717) is 6.92 Å². The molecule has 0 aromatic rings. The number of rotatable bonds is 7. The summed E-state index contributed by atoms with van der Waals surface area (Å²) >= 11 is 0. The molecule has 0 aliphatic carbocycles. The van der Waals surface area contributed by atoms with Crippen molar-refractivity contribution in [3.63, 3.8) is 0 Å². The van der Waals surface area contributed by atoms with Crippen molar-refractivity contribution in [2.75, 3.05) is 6.61 Å². The van der Waals surface area contributed by atoms with Gasteiger partial charge in [-0.3, -0.25) is 9.35 Å². The number of esters is 1. The van der Waals surface area contributed by atoms with E-state index in [9.17, 15) is 52.7 Å². The predicted octanol–water partition coefficient (Wildman–Crippen LogP) is 2.02. The molecule has 0 saturated carbocycles. The molecule has 25 heavy (non-hydrogen) atoms. The number of hydrogen-bond acceptors (Lipinski definition) is 4. The van der Waals surface area contributed by atoms with Crippen LogP contribution in [0.5, 0.6) is 0 Å². The summed E-state index contributed by atoms with van der Waals surface area (Å²) in [4.78, 5) is 11.0. The van der Waals surface area contributed by atoms with Crippen LogP contribution in [-0.2, 0) is 19.6 Å². The molecule has 0 bridgehead atoms. The monoisotopic (exact) mass is 424 g/mol. The van der Waals surface area contributed by atoms with Gasteiger partial charge in [0.05, 0.1) is 13.0 Å². The van der Waals surface area contributed by atoms with Crippen LogP contribution in [0.1, 0.15) is 13.3 Å². The predicted molar refractivity (Wildman–Crippen MR) is 64.6 cm³/mol. The van der Waals surface area contributed by atoms with Gasteiger partial charge in [-0.1, -0.05) is 0 Å². The third kappa shape index (κ3) is 5.87. The second-order valence-electron chi connectivity index (χ2n) is 4.43. The maximum absolute atomic E-state index is 13.0. The van der Waals surface area contributed by atoms with Gasteiger partial charge in [-0.05, 0) is 6.92 Å². The van der Waals surface area contributed by atoms with Crippen LogP contribution >= 0.6 is 0 Å². The van der Waals surface area contributed by atoms with E-state index in [1.54, 1.807) is 0 Å². The molecular weight excluding hydrogens is 414 g/mol. The second kappa shape index (κ2) is 8.19. The molecule has 0 spiro atoms. The van der Waals surface area contributed by atoms with Crippen molar-refractivity contribution in [1.82, 2.24) is 0 Å². The Morgan fingerprint density at radius 2 is 1.40 bits per heavy atom. The van der Waals surface area contributed by atoms with E-state index >= 15 is 0 Å². The van der Waals surface area contributed by atoms with Gasteiger partial charge in [0.15, 0.2) is 5.25 Å². The molecule has 0 amide bonds. The standard InChI is InChI=1S/C9H9F9O5S.Na.H/c1-4(24(20,21)22)5(19)23-3-2-6(10,11)7(12,13)8(14,15)9(16,17)18;;/h4H,2-3H2,1H3,(H,20,21,22);;. The molecule has 0 aliphatic heterocycles. The summed E-state index contributed by atoms with van der Waals surface area (Å²) < 4.78 is 145. The number of alkyl halides is 9. The van der Waals surface area contributed by atoms with Gasteiger partial charge in [-0.2, -0.15) is 47.9 Å². The first-order valence-corrected chi connectivity index (χ1v) is 7.12. The molecule has 0 aromatic carbocycles. The zero-order valence-corrected chi connectivity index (χ0v) is 12.2. The number of carbonyl (C=O) groups excluding carboxylic acids is 1. The molecule has 146 valence electrons.